The average molecular weight is 250 g/mol. The van der Waals surface area contributed by atoms with Crippen molar-refractivity contribution in [3.8, 4) is 5.75 Å². The number of ether oxygens (including phenoxy) is 1. The maximum atomic E-state index is 11.7. The van der Waals surface area contributed by atoms with Crippen LogP contribution in [0.15, 0.2) is 24.3 Å². The minimum Gasteiger partial charge on any atom is -0.492 e. The Bertz CT molecular complexity index is 367. The van der Waals surface area contributed by atoms with Crippen molar-refractivity contribution < 1.29 is 9.53 Å². The highest BCUT2D eigenvalue weighted by molar-refractivity contribution is 5.92. The molecule has 1 aromatic rings. The van der Waals surface area contributed by atoms with E-state index in [0.717, 1.165) is 24.4 Å². The largest absolute Gasteiger partial charge is 0.492 e. The Morgan fingerprint density at radius 3 is 2.72 bits per heavy atom. The second-order valence-corrected chi connectivity index (χ2v) is 3.98. The number of para-hydroxylation sites is 2. The first kappa shape index (κ1) is 14.5. The number of anilines is 1. The van der Waals surface area contributed by atoms with E-state index in [9.17, 15) is 4.79 Å². The van der Waals surface area contributed by atoms with Gasteiger partial charge in [-0.05, 0) is 32.0 Å². The van der Waals surface area contributed by atoms with Crippen LogP contribution in [0.2, 0.25) is 0 Å². The van der Waals surface area contributed by atoms with E-state index in [1.54, 1.807) is 0 Å². The van der Waals surface area contributed by atoms with E-state index in [1.807, 2.05) is 31.2 Å². The number of carbonyl (C=O) groups is 1. The van der Waals surface area contributed by atoms with Crippen LogP contribution in [0.3, 0.4) is 0 Å². The Morgan fingerprint density at radius 2 is 2.00 bits per heavy atom. The monoisotopic (exact) mass is 250 g/mol. The molecule has 0 aliphatic heterocycles. The molecule has 0 spiro atoms. The summed E-state index contributed by atoms with van der Waals surface area (Å²) in [5.74, 6) is 0.723. The highest BCUT2D eigenvalue weighted by atomic mass is 16.5. The summed E-state index contributed by atoms with van der Waals surface area (Å²) in [6, 6.07) is 7.48. The summed E-state index contributed by atoms with van der Waals surface area (Å²) in [6.07, 6.45) is 1.55. The van der Waals surface area contributed by atoms with E-state index in [-0.39, 0.29) is 5.91 Å². The van der Waals surface area contributed by atoms with Crippen LogP contribution in [0.25, 0.3) is 0 Å². The summed E-state index contributed by atoms with van der Waals surface area (Å²) in [5.41, 5.74) is 0.736. The SMILES string of the molecule is CCCNCCC(=O)Nc1ccccc1OCC. The first-order valence-electron chi connectivity index (χ1n) is 6.50. The Morgan fingerprint density at radius 1 is 1.22 bits per heavy atom. The number of benzene rings is 1. The first-order chi connectivity index (χ1) is 8.77. The minimum absolute atomic E-state index is 0.00533. The molecular weight excluding hydrogens is 228 g/mol. The van der Waals surface area contributed by atoms with Crippen LogP contribution in [0.1, 0.15) is 26.7 Å². The van der Waals surface area contributed by atoms with Gasteiger partial charge in [0.15, 0.2) is 0 Å². The van der Waals surface area contributed by atoms with Crippen molar-refractivity contribution >= 4 is 11.6 Å². The molecule has 1 amide bonds. The third-order valence-corrected chi connectivity index (χ3v) is 2.42. The number of amides is 1. The highest BCUT2D eigenvalue weighted by Crippen LogP contribution is 2.23. The van der Waals surface area contributed by atoms with Crippen molar-refractivity contribution in [3.63, 3.8) is 0 Å². The molecule has 100 valence electrons. The zero-order chi connectivity index (χ0) is 13.2. The first-order valence-corrected chi connectivity index (χ1v) is 6.50. The molecule has 0 saturated carbocycles. The van der Waals surface area contributed by atoms with E-state index in [4.69, 9.17) is 4.74 Å². The summed E-state index contributed by atoms with van der Waals surface area (Å²) < 4.78 is 5.45. The Hall–Kier alpha value is -1.55. The van der Waals surface area contributed by atoms with E-state index in [1.165, 1.54) is 0 Å². The van der Waals surface area contributed by atoms with Gasteiger partial charge < -0.3 is 15.4 Å². The Labute approximate surface area is 109 Å². The van der Waals surface area contributed by atoms with Gasteiger partial charge in [-0.3, -0.25) is 4.79 Å². The van der Waals surface area contributed by atoms with E-state index < -0.39 is 0 Å². The third kappa shape index (κ3) is 5.19. The molecule has 0 unspecified atom stereocenters. The van der Waals surface area contributed by atoms with Crippen LogP contribution < -0.4 is 15.4 Å². The van der Waals surface area contributed by atoms with Gasteiger partial charge in [0.1, 0.15) is 5.75 Å². The van der Waals surface area contributed by atoms with E-state index in [2.05, 4.69) is 17.6 Å². The van der Waals surface area contributed by atoms with Crippen molar-refractivity contribution in [1.29, 1.82) is 0 Å². The average Bonchev–Trinajstić information content (AvgIpc) is 2.37. The molecule has 0 aliphatic carbocycles. The number of hydrogen-bond acceptors (Lipinski definition) is 3. The zero-order valence-electron chi connectivity index (χ0n) is 11.2. The van der Waals surface area contributed by atoms with Crippen molar-refractivity contribution in [2.45, 2.75) is 26.7 Å². The van der Waals surface area contributed by atoms with Gasteiger partial charge in [0.25, 0.3) is 0 Å². The fourth-order valence-corrected chi connectivity index (χ4v) is 1.57. The summed E-state index contributed by atoms with van der Waals surface area (Å²) >= 11 is 0. The summed E-state index contributed by atoms with van der Waals surface area (Å²) in [5, 5.41) is 6.07. The smallest absolute Gasteiger partial charge is 0.225 e. The van der Waals surface area contributed by atoms with Crippen LogP contribution >= 0.6 is 0 Å². The lowest BCUT2D eigenvalue weighted by Crippen LogP contribution is -2.22. The molecule has 18 heavy (non-hydrogen) atoms. The lowest BCUT2D eigenvalue weighted by atomic mass is 10.2. The Balaban J connectivity index is 2.43. The molecule has 1 aromatic carbocycles. The fourth-order valence-electron chi connectivity index (χ4n) is 1.57. The standard InChI is InChI=1S/C14H22N2O2/c1-3-10-15-11-9-14(17)16-12-7-5-6-8-13(12)18-4-2/h5-8,15H,3-4,9-11H2,1-2H3,(H,16,17). The fraction of sp³-hybridized carbons (Fsp3) is 0.500. The number of carbonyl (C=O) groups excluding carboxylic acids is 1. The molecule has 0 atom stereocenters. The molecule has 0 bridgehead atoms. The molecular formula is C14H22N2O2. The topological polar surface area (TPSA) is 50.4 Å². The summed E-state index contributed by atoms with van der Waals surface area (Å²) in [4.78, 5) is 11.7. The maximum Gasteiger partial charge on any atom is 0.225 e. The zero-order valence-corrected chi connectivity index (χ0v) is 11.2. The summed E-state index contributed by atoms with van der Waals surface area (Å²) in [7, 11) is 0. The van der Waals surface area contributed by atoms with Crippen LogP contribution in [0.4, 0.5) is 5.69 Å². The van der Waals surface area contributed by atoms with Gasteiger partial charge in [-0.25, -0.2) is 0 Å². The quantitative estimate of drug-likeness (QED) is 0.697. The third-order valence-electron chi connectivity index (χ3n) is 2.42. The second kappa shape index (κ2) is 8.53. The van der Waals surface area contributed by atoms with Crippen LogP contribution in [0, 0.1) is 0 Å². The van der Waals surface area contributed by atoms with Crippen molar-refractivity contribution in [2.24, 2.45) is 0 Å². The molecule has 0 aromatic heterocycles. The molecule has 0 saturated heterocycles. The van der Waals surface area contributed by atoms with Gasteiger partial charge in [-0.2, -0.15) is 0 Å². The predicted molar refractivity (Wildman–Crippen MR) is 74.0 cm³/mol. The predicted octanol–water partition coefficient (Wildman–Crippen LogP) is 2.41. The maximum absolute atomic E-state index is 11.7. The van der Waals surface area contributed by atoms with Crippen LogP contribution in [0.5, 0.6) is 5.75 Å². The number of hydrogen-bond donors (Lipinski definition) is 2. The van der Waals surface area contributed by atoms with Gasteiger partial charge >= 0.3 is 0 Å². The van der Waals surface area contributed by atoms with Gasteiger partial charge in [-0.1, -0.05) is 19.1 Å². The van der Waals surface area contributed by atoms with Gasteiger partial charge in [-0.15, -0.1) is 0 Å². The lowest BCUT2D eigenvalue weighted by molar-refractivity contribution is -0.116. The van der Waals surface area contributed by atoms with E-state index in [0.29, 0.717) is 19.6 Å². The molecule has 0 radical (unpaired) electrons. The molecule has 0 fully saturated rings. The second-order valence-electron chi connectivity index (χ2n) is 3.98. The molecule has 2 N–H and O–H groups in total. The molecule has 0 heterocycles. The minimum atomic E-state index is 0.00533. The lowest BCUT2D eigenvalue weighted by Gasteiger charge is -2.11. The van der Waals surface area contributed by atoms with Crippen LogP contribution in [-0.4, -0.2) is 25.6 Å². The molecule has 0 aliphatic rings. The van der Waals surface area contributed by atoms with Gasteiger partial charge in [0, 0.05) is 13.0 Å². The van der Waals surface area contributed by atoms with Gasteiger partial charge in [0.2, 0.25) is 5.91 Å². The summed E-state index contributed by atoms with van der Waals surface area (Å²) in [6.45, 7) is 6.27. The number of nitrogens with one attached hydrogen (secondary N) is 2. The molecule has 1 rings (SSSR count). The van der Waals surface area contributed by atoms with Crippen molar-refractivity contribution in [3.05, 3.63) is 24.3 Å². The molecule has 4 heteroatoms. The number of rotatable bonds is 8. The van der Waals surface area contributed by atoms with E-state index >= 15 is 0 Å². The van der Waals surface area contributed by atoms with Crippen molar-refractivity contribution in [2.75, 3.05) is 25.0 Å². The van der Waals surface area contributed by atoms with Crippen LogP contribution in [-0.2, 0) is 4.79 Å². The normalized spacial score (nSPS) is 10.1. The highest BCUT2D eigenvalue weighted by Gasteiger charge is 2.06. The van der Waals surface area contributed by atoms with Gasteiger partial charge in [0.05, 0.1) is 12.3 Å². The van der Waals surface area contributed by atoms with Crippen molar-refractivity contribution in [1.82, 2.24) is 5.32 Å². The Kier molecular flexibility index (Phi) is 6.87. The molecule has 4 nitrogen and oxygen atoms in total.